The van der Waals surface area contributed by atoms with Crippen molar-refractivity contribution in [3.63, 3.8) is 0 Å². The first-order valence-corrected chi connectivity index (χ1v) is 10.1. The number of ether oxygens (including phenoxy) is 1. The number of amidine groups is 1. The van der Waals surface area contributed by atoms with Crippen LogP contribution in [0.2, 0.25) is 0 Å². The van der Waals surface area contributed by atoms with Gasteiger partial charge in [-0.25, -0.2) is 0 Å². The van der Waals surface area contributed by atoms with E-state index in [1.807, 2.05) is 0 Å². The van der Waals surface area contributed by atoms with Crippen molar-refractivity contribution in [1.29, 1.82) is 0 Å². The van der Waals surface area contributed by atoms with Crippen molar-refractivity contribution in [2.24, 2.45) is 10.3 Å². The Kier molecular flexibility index (Phi) is 4.24. The van der Waals surface area contributed by atoms with Gasteiger partial charge in [0.15, 0.2) is 0 Å². The molecule has 0 radical (unpaired) electrons. The molecule has 4 rings (SSSR count). The number of carbonyl (C=O) groups excluding carboxylic acids is 1. The second-order valence-electron chi connectivity index (χ2n) is 6.70. The summed E-state index contributed by atoms with van der Waals surface area (Å²) in [7, 11) is -3.70. The lowest BCUT2D eigenvalue weighted by atomic mass is 9.96. The Morgan fingerprint density at radius 2 is 2.08 bits per heavy atom. The fourth-order valence-corrected chi connectivity index (χ4v) is 4.89. The first-order chi connectivity index (χ1) is 12.0. The van der Waals surface area contributed by atoms with Crippen molar-refractivity contribution in [2.45, 2.75) is 36.7 Å². The molecule has 3 aliphatic rings. The maximum Gasteiger partial charge on any atom is 0.286 e. The fourth-order valence-electron chi connectivity index (χ4n) is 3.69. The summed E-state index contributed by atoms with van der Waals surface area (Å²) >= 11 is 0. The molecule has 3 heterocycles. The molecule has 7 nitrogen and oxygen atoms in total. The monoisotopic (exact) mass is 363 g/mol. The van der Waals surface area contributed by atoms with E-state index in [2.05, 4.69) is 9.71 Å². The highest BCUT2D eigenvalue weighted by atomic mass is 32.2. The average Bonchev–Trinajstić information content (AvgIpc) is 3.15. The number of anilines is 1. The molecule has 0 bridgehead atoms. The minimum absolute atomic E-state index is 0.0156. The number of likely N-dealkylation sites (tertiary alicyclic amines) is 1. The highest BCUT2D eigenvalue weighted by molar-refractivity contribution is 7.90. The smallest absolute Gasteiger partial charge is 0.286 e. The summed E-state index contributed by atoms with van der Waals surface area (Å²) in [6.45, 7) is 1.80. The molecule has 0 spiro atoms. The van der Waals surface area contributed by atoms with E-state index in [0.717, 1.165) is 25.7 Å². The second-order valence-corrected chi connectivity index (χ2v) is 8.27. The quantitative estimate of drug-likeness (QED) is 0.863. The van der Waals surface area contributed by atoms with Gasteiger partial charge in [-0.05, 0) is 37.8 Å². The zero-order valence-corrected chi connectivity index (χ0v) is 14.7. The van der Waals surface area contributed by atoms with Crippen LogP contribution in [0.15, 0.2) is 33.6 Å². The SMILES string of the molecule is O=C([C@@H]1CCCO1)N1CCC[C@@H](C2=NS(=O)(=O)c3ccccc3N2)C1. The predicted octanol–water partition coefficient (Wildman–Crippen LogP) is 1.62. The van der Waals surface area contributed by atoms with Gasteiger partial charge in [-0.1, -0.05) is 12.1 Å². The molecule has 1 amide bonds. The zero-order valence-electron chi connectivity index (χ0n) is 13.8. The molecule has 0 saturated carbocycles. The Hall–Kier alpha value is -1.93. The van der Waals surface area contributed by atoms with Crippen molar-refractivity contribution >= 4 is 27.5 Å². The molecule has 8 heteroatoms. The number of fused-ring (bicyclic) bond motifs is 1. The van der Waals surface area contributed by atoms with Crippen LogP contribution < -0.4 is 5.32 Å². The van der Waals surface area contributed by atoms with Gasteiger partial charge in [0.2, 0.25) is 0 Å². The summed E-state index contributed by atoms with van der Waals surface area (Å²) in [6.07, 6.45) is 2.96. The van der Waals surface area contributed by atoms with Gasteiger partial charge in [-0.3, -0.25) is 4.79 Å². The third kappa shape index (κ3) is 3.16. The number of hydrogen-bond acceptors (Lipinski definition) is 5. The van der Waals surface area contributed by atoms with Crippen LogP contribution in [-0.2, 0) is 19.6 Å². The minimum atomic E-state index is -3.70. The van der Waals surface area contributed by atoms with Crippen molar-refractivity contribution in [3.8, 4) is 0 Å². The van der Waals surface area contributed by atoms with Gasteiger partial charge in [-0.15, -0.1) is 4.40 Å². The second kappa shape index (κ2) is 6.42. The first-order valence-electron chi connectivity index (χ1n) is 8.66. The number of piperidine rings is 1. The summed E-state index contributed by atoms with van der Waals surface area (Å²) in [5.41, 5.74) is 0.551. The van der Waals surface area contributed by atoms with E-state index in [0.29, 0.717) is 31.2 Å². The number of para-hydroxylation sites is 1. The van der Waals surface area contributed by atoms with E-state index in [-0.39, 0.29) is 22.8 Å². The molecule has 3 aliphatic heterocycles. The molecule has 1 aromatic rings. The summed E-state index contributed by atoms with van der Waals surface area (Å²) < 4.78 is 34.3. The van der Waals surface area contributed by atoms with Crippen LogP contribution in [0.4, 0.5) is 5.69 Å². The van der Waals surface area contributed by atoms with Gasteiger partial charge in [-0.2, -0.15) is 8.42 Å². The number of rotatable bonds is 2. The molecule has 0 aromatic heterocycles. The van der Waals surface area contributed by atoms with Gasteiger partial charge in [0, 0.05) is 25.6 Å². The van der Waals surface area contributed by atoms with Gasteiger partial charge in [0.25, 0.3) is 15.9 Å². The first kappa shape index (κ1) is 16.5. The van der Waals surface area contributed by atoms with E-state index in [1.54, 1.807) is 29.2 Å². The molecular weight excluding hydrogens is 342 g/mol. The van der Waals surface area contributed by atoms with E-state index < -0.39 is 10.0 Å². The van der Waals surface area contributed by atoms with Gasteiger partial charge in [0.1, 0.15) is 16.8 Å². The van der Waals surface area contributed by atoms with Crippen LogP contribution in [0.3, 0.4) is 0 Å². The molecule has 1 N–H and O–H groups in total. The number of carbonyl (C=O) groups is 1. The van der Waals surface area contributed by atoms with Crippen LogP contribution >= 0.6 is 0 Å². The third-order valence-electron chi connectivity index (χ3n) is 4.97. The molecule has 2 fully saturated rings. The Labute approximate surface area is 147 Å². The highest BCUT2D eigenvalue weighted by Crippen LogP contribution is 2.30. The van der Waals surface area contributed by atoms with Crippen LogP contribution in [0, 0.1) is 5.92 Å². The third-order valence-corrected chi connectivity index (χ3v) is 6.32. The molecule has 0 aliphatic carbocycles. The summed E-state index contributed by atoms with van der Waals surface area (Å²) in [5.74, 6) is 0.340. The minimum Gasteiger partial charge on any atom is -0.368 e. The normalized spacial score (nSPS) is 28.0. The predicted molar refractivity (Wildman–Crippen MR) is 93.0 cm³/mol. The lowest BCUT2D eigenvalue weighted by Gasteiger charge is -2.35. The highest BCUT2D eigenvalue weighted by Gasteiger charge is 2.35. The summed E-state index contributed by atoms with van der Waals surface area (Å²) in [6, 6.07) is 6.76. The molecule has 0 unspecified atom stereocenters. The van der Waals surface area contributed by atoms with Crippen LogP contribution in [-0.4, -0.2) is 50.9 Å². The van der Waals surface area contributed by atoms with Crippen molar-refractivity contribution in [2.75, 3.05) is 25.0 Å². The molecule has 2 atom stereocenters. The Bertz CT molecular complexity index is 815. The van der Waals surface area contributed by atoms with Crippen LogP contribution in [0.25, 0.3) is 0 Å². The number of sulfonamides is 1. The van der Waals surface area contributed by atoms with Crippen LogP contribution in [0.1, 0.15) is 25.7 Å². The Morgan fingerprint density at radius 1 is 1.24 bits per heavy atom. The average molecular weight is 363 g/mol. The maximum atomic E-state index is 12.6. The number of hydrogen-bond donors (Lipinski definition) is 1. The Morgan fingerprint density at radius 3 is 2.88 bits per heavy atom. The summed E-state index contributed by atoms with van der Waals surface area (Å²) in [4.78, 5) is 14.6. The topological polar surface area (TPSA) is 88.1 Å². The van der Waals surface area contributed by atoms with E-state index in [4.69, 9.17) is 4.74 Å². The lowest BCUT2D eigenvalue weighted by molar-refractivity contribution is -0.142. The van der Waals surface area contributed by atoms with Crippen molar-refractivity contribution in [3.05, 3.63) is 24.3 Å². The van der Waals surface area contributed by atoms with E-state index in [9.17, 15) is 13.2 Å². The molecule has 2 saturated heterocycles. The van der Waals surface area contributed by atoms with Gasteiger partial charge in [0.05, 0.1) is 5.69 Å². The molecule has 1 aromatic carbocycles. The molecule has 25 heavy (non-hydrogen) atoms. The van der Waals surface area contributed by atoms with Crippen LogP contribution in [0.5, 0.6) is 0 Å². The van der Waals surface area contributed by atoms with Gasteiger partial charge < -0.3 is 15.0 Å². The van der Waals surface area contributed by atoms with E-state index in [1.165, 1.54) is 0 Å². The standard InChI is InChI=1S/C17H21N3O4S/c21-17(14-7-4-10-24-14)20-9-3-5-12(11-20)16-18-13-6-1-2-8-15(13)25(22,23)19-16/h1-2,6,8,12,14H,3-5,7,9-11H2,(H,18,19)/t12-,14+/m1/s1. The zero-order chi connectivity index (χ0) is 17.4. The Balaban J connectivity index is 1.54. The lowest BCUT2D eigenvalue weighted by Crippen LogP contribution is -2.47. The maximum absolute atomic E-state index is 12.6. The molecule has 134 valence electrons. The fraction of sp³-hybridized carbons (Fsp3) is 0.529. The summed E-state index contributed by atoms with van der Waals surface area (Å²) in [5, 5.41) is 3.15. The molecular formula is C17H21N3O4S. The van der Waals surface area contributed by atoms with Crippen molar-refractivity contribution in [1.82, 2.24) is 4.90 Å². The van der Waals surface area contributed by atoms with Gasteiger partial charge >= 0.3 is 0 Å². The van der Waals surface area contributed by atoms with E-state index >= 15 is 0 Å². The number of nitrogens with one attached hydrogen (secondary N) is 1. The largest absolute Gasteiger partial charge is 0.368 e. The number of benzene rings is 1. The number of amides is 1. The number of nitrogens with zero attached hydrogens (tertiary/aromatic N) is 2. The van der Waals surface area contributed by atoms with Crippen molar-refractivity contribution < 1.29 is 17.9 Å².